The lowest BCUT2D eigenvalue weighted by Crippen LogP contribution is -2.24. The number of hydrogen-bond donors (Lipinski definition) is 2. The summed E-state index contributed by atoms with van der Waals surface area (Å²) in [5.74, 6) is -1.17. The average Bonchev–Trinajstić information content (AvgIpc) is 2.85. The van der Waals surface area contributed by atoms with Crippen LogP contribution in [0.2, 0.25) is 0 Å². The van der Waals surface area contributed by atoms with Gasteiger partial charge in [0.2, 0.25) is 0 Å². The molecule has 1 aromatic heterocycles. The molecule has 0 saturated heterocycles. The molecule has 6 heteroatoms. The molecule has 0 saturated carbocycles. The molecule has 2 N–H and O–H groups in total. The molecule has 0 atom stereocenters. The van der Waals surface area contributed by atoms with Gasteiger partial charge in [0, 0.05) is 17.0 Å². The van der Waals surface area contributed by atoms with E-state index in [2.05, 4.69) is 11.4 Å². The van der Waals surface area contributed by atoms with E-state index in [1.807, 2.05) is 25.3 Å². The second kappa shape index (κ2) is 7.37. The van der Waals surface area contributed by atoms with Crippen LogP contribution in [0.4, 0.5) is 0 Å². The van der Waals surface area contributed by atoms with E-state index in [9.17, 15) is 9.59 Å². The van der Waals surface area contributed by atoms with Crippen molar-refractivity contribution in [1.29, 1.82) is 0 Å². The van der Waals surface area contributed by atoms with Crippen LogP contribution in [0.25, 0.3) is 0 Å². The first-order valence-electron chi connectivity index (χ1n) is 7.12. The number of nitrogens with one attached hydrogen (secondary N) is 1. The monoisotopic (exact) mass is 333 g/mol. The van der Waals surface area contributed by atoms with E-state index in [4.69, 9.17) is 9.52 Å². The minimum Gasteiger partial charge on any atom is -0.481 e. The second-order valence-electron chi connectivity index (χ2n) is 5.29. The van der Waals surface area contributed by atoms with Gasteiger partial charge >= 0.3 is 5.97 Å². The third-order valence-electron chi connectivity index (χ3n) is 3.47. The van der Waals surface area contributed by atoms with Crippen molar-refractivity contribution in [2.24, 2.45) is 0 Å². The number of carboxylic acids is 1. The summed E-state index contributed by atoms with van der Waals surface area (Å²) in [6, 6.07) is 6.06. The molecule has 0 bridgehead atoms. The SMILES string of the molecule is CSc1cc(C)ccc1CNC(=O)c1c(C)coc1CC(=O)O. The van der Waals surface area contributed by atoms with Crippen LogP contribution < -0.4 is 5.32 Å². The Bertz CT molecular complexity index is 736. The van der Waals surface area contributed by atoms with Crippen molar-refractivity contribution in [3.63, 3.8) is 0 Å². The van der Waals surface area contributed by atoms with Crippen LogP contribution in [0.5, 0.6) is 0 Å². The Labute approximate surface area is 139 Å². The topological polar surface area (TPSA) is 79.5 Å². The van der Waals surface area contributed by atoms with E-state index >= 15 is 0 Å². The fourth-order valence-corrected chi connectivity index (χ4v) is 3.04. The molecule has 1 amide bonds. The van der Waals surface area contributed by atoms with Gasteiger partial charge in [0.1, 0.15) is 12.2 Å². The molecular formula is C17H19NO4S. The van der Waals surface area contributed by atoms with Crippen molar-refractivity contribution in [2.45, 2.75) is 31.7 Å². The smallest absolute Gasteiger partial charge is 0.311 e. The molecule has 0 fully saturated rings. The number of hydrogen-bond acceptors (Lipinski definition) is 4. The van der Waals surface area contributed by atoms with E-state index in [1.54, 1.807) is 18.7 Å². The maximum absolute atomic E-state index is 12.4. The van der Waals surface area contributed by atoms with Crippen molar-refractivity contribution in [2.75, 3.05) is 6.26 Å². The summed E-state index contributed by atoms with van der Waals surface area (Å²) in [4.78, 5) is 24.4. The fourth-order valence-electron chi connectivity index (χ4n) is 2.33. The number of furan rings is 1. The van der Waals surface area contributed by atoms with Crippen LogP contribution in [0.15, 0.2) is 33.8 Å². The number of aliphatic carboxylic acids is 1. The Morgan fingerprint density at radius 2 is 2.04 bits per heavy atom. The van der Waals surface area contributed by atoms with Crippen molar-refractivity contribution >= 4 is 23.6 Å². The van der Waals surface area contributed by atoms with Gasteiger partial charge in [-0.05, 0) is 37.3 Å². The number of aryl methyl sites for hydroxylation is 2. The zero-order valence-corrected chi connectivity index (χ0v) is 14.1. The summed E-state index contributed by atoms with van der Waals surface area (Å²) in [5.41, 5.74) is 3.13. The van der Waals surface area contributed by atoms with E-state index in [1.165, 1.54) is 11.8 Å². The second-order valence-corrected chi connectivity index (χ2v) is 6.13. The highest BCUT2D eigenvalue weighted by atomic mass is 32.2. The molecular weight excluding hydrogens is 314 g/mol. The van der Waals surface area contributed by atoms with Gasteiger partial charge in [-0.3, -0.25) is 9.59 Å². The predicted octanol–water partition coefficient (Wildman–Crippen LogP) is 3.18. The summed E-state index contributed by atoms with van der Waals surface area (Å²) >= 11 is 1.63. The molecule has 122 valence electrons. The van der Waals surface area contributed by atoms with Crippen LogP contribution in [0.1, 0.15) is 32.8 Å². The highest BCUT2D eigenvalue weighted by Gasteiger charge is 2.20. The van der Waals surface area contributed by atoms with Gasteiger partial charge in [-0.25, -0.2) is 0 Å². The Morgan fingerprint density at radius 3 is 2.70 bits per heavy atom. The fraction of sp³-hybridized carbons (Fsp3) is 0.294. The van der Waals surface area contributed by atoms with Gasteiger partial charge in [-0.2, -0.15) is 0 Å². The first-order valence-corrected chi connectivity index (χ1v) is 8.35. The minimum atomic E-state index is -1.03. The summed E-state index contributed by atoms with van der Waals surface area (Å²) in [6.45, 7) is 4.13. The highest BCUT2D eigenvalue weighted by molar-refractivity contribution is 7.98. The number of amides is 1. The Kier molecular flexibility index (Phi) is 5.50. The van der Waals surface area contributed by atoms with Gasteiger partial charge in [-0.15, -0.1) is 11.8 Å². The third kappa shape index (κ3) is 4.16. The summed E-state index contributed by atoms with van der Waals surface area (Å²) < 4.78 is 5.19. The molecule has 0 aliphatic heterocycles. The van der Waals surface area contributed by atoms with Crippen molar-refractivity contribution in [3.05, 3.63) is 52.5 Å². The lowest BCUT2D eigenvalue weighted by molar-refractivity contribution is -0.136. The normalized spacial score (nSPS) is 10.6. The summed E-state index contributed by atoms with van der Waals surface area (Å²) in [7, 11) is 0. The van der Waals surface area contributed by atoms with Gasteiger partial charge in [0.15, 0.2) is 0 Å². The van der Waals surface area contributed by atoms with E-state index < -0.39 is 5.97 Å². The molecule has 0 aliphatic carbocycles. The van der Waals surface area contributed by atoms with Gasteiger partial charge in [0.05, 0.1) is 11.8 Å². The lowest BCUT2D eigenvalue weighted by atomic mass is 10.1. The van der Waals surface area contributed by atoms with Crippen LogP contribution in [0.3, 0.4) is 0 Å². The molecule has 0 radical (unpaired) electrons. The van der Waals surface area contributed by atoms with Crippen LogP contribution in [0, 0.1) is 13.8 Å². The Balaban J connectivity index is 2.14. The van der Waals surface area contributed by atoms with Crippen LogP contribution in [-0.4, -0.2) is 23.2 Å². The molecule has 1 aromatic carbocycles. The van der Waals surface area contributed by atoms with Crippen LogP contribution in [-0.2, 0) is 17.8 Å². The number of carboxylic acid groups (broad SMARTS) is 1. The van der Waals surface area contributed by atoms with E-state index in [-0.39, 0.29) is 18.1 Å². The zero-order chi connectivity index (χ0) is 17.0. The van der Waals surface area contributed by atoms with E-state index in [0.717, 1.165) is 10.5 Å². The van der Waals surface area contributed by atoms with Gasteiger partial charge < -0.3 is 14.8 Å². The standard InChI is InChI=1S/C17H19NO4S/c1-10-4-5-12(14(6-10)23-3)8-18-17(21)16-11(2)9-22-13(16)7-15(19)20/h4-6,9H,7-8H2,1-3H3,(H,18,21)(H,19,20). The molecule has 0 spiro atoms. The molecule has 2 rings (SSSR count). The first kappa shape index (κ1) is 17.1. The lowest BCUT2D eigenvalue weighted by Gasteiger charge is -2.10. The van der Waals surface area contributed by atoms with Crippen molar-refractivity contribution < 1.29 is 19.1 Å². The minimum absolute atomic E-state index is 0.182. The van der Waals surface area contributed by atoms with Crippen molar-refractivity contribution in [1.82, 2.24) is 5.32 Å². The average molecular weight is 333 g/mol. The predicted molar refractivity (Wildman–Crippen MR) is 88.9 cm³/mol. The maximum atomic E-state index is 12.4. The number of rotatable bonds is 6. The molecule has 0 aliphatic rings. The molecule has 1 heterocycles. The maximum Gasteiger partial charge on any atom is 0.311 e. The number of carbonyl (C=O) groups excluding carboxylic acids is 1. The highest BCUT2D eigenvalue weighted by Crippen LogP contribution is 2.22. The Morgan fingerprint density at radius 1 is 1.30 bits per heavy atom. The van der Waals surface area contributed by atoms with Crippen LogP contribution >= 0.6 is 11.8 Å². The summed E-state index contributed by atoms with van der Waals surface area (Å²) in [6.07, 6.45) is 3.09. The third-order valence-corrected chi connectivity index (χ3v) is 4.29. The molecule has 2 aromatic rings. The number of thioether (sulfide) groups is 1. The Hall–Kier alpha value is -2.21. The molecule has 5 nitrogen and oxygen atoms in total. The molecule has 0 unspecified atom stereocenters. The molecule has 23 heavy (non-hydrogen) atoms. The van der Waals surface area contributed by atoms with E-state index in [0.29, 0.717) is 17.7 Å². The number of benzene rings is 1. The van der Waals surface area contributed by atoms with Gasteiger partial charge in [0.25, 0.3) is 5.91 Å². The van der Waals surface area contributed by atoms with Gasteiger partial charge in [-0.1, -0.05) is 12.1 Å². The largest absolute Gasteiger partial charge is 0.481 e. The van der Waals surface area contributed by atoms with Crippen molar-refractivity contribution in [3.8, 4) is 0 Å². The number of carbonyl (C=O) groups is 2. The quantitative estimate of drug-likeness (QED) is 0.794. The zero-order valence-electron chi connectivity index (χ0n) is 13.3. The summed E-state index contributed by atoms with van der Waals surface area (Å²) in [5, 5.41) is 11.7. The first-order chi connectivity index (χ1) is 10.9.